The van der Waals surface area contributed by atoms with Crippen molar-refractivity contribution in [1.29, 1.82) is 0 Å². The van der Waals surface area contributed by atoms with Crippen molar-refractivity contribution in [3.05, 3.63) is 34.9 Å². The Kier molecular flexibility index (Phi) is 3.65. The van der Waals surface area contributed by atoms with Gasteiger partial charge in [0.25, 0.3) is 5.91 Å². The zero-order valence-corrected chi connectivity index (χ0v) is 10.7. The number of hydrogen-bond donors (Lipinski definition) is 0. The lowest BCUT2D eigenvalue weighted by Crippen LogP contribution is -2.32. The van der Waals surface area contributed by atoms with Crippen molar-refractivity contribution in [2.75, 3.05) is 20.7 Å². The number of benzene rings is 1. The van der Waals surface area contributed by atoms with Gasteiger partial charge in [-0.25, -0.2) is 0 Å². The van der Waals surface area contributed by atoms with Crippen molar-refractivity contribution >= 4 is 11.9 Å². The quantitative estimate of drug-likeness (QED) is 0.759. The summed E-state index contributed by atoms with van der Waals surface area (Å²) in [5, 5.41) is 0. The molecule has 0 saturated carbocycles. The maximum atomic E-state index is 12.1. The number of nitrogens with zero attached hydrogens (tertiary/aromatic N) is 1. The molecule has 0 saturated heterocycles. The van der Waals surface area contributed by atoms with Crippen molar-refractivity contribution in [1.82, 2.24) is 4.90 Å². The van der Waals surface area contributed by atoms with Crippen LogP contribution >= 0.6 is 0 Å². The number of rotatable bonds is 3. The smallest absolute Gasteiger partial charge is 0.325 e. The van der Waals surface area contributed by atoms with E-state index >= 15 is 0 Å². The molecular weight excluding hydrogens is 230 g/mol. The molecule has 0 unspecified atom stereocenters. The SMILES string of the molecule is COC(=O)CN(C)C(=O)c1ccc2c(c1)CCC2. The first-order valence-corrected chi connectivity index (χ1v) is 6.06. The second-order valence-corrected chi connectivity index (χ2v) is 4.57. The molecule has 1 aromatic carbocycles. The molecule has 0 bridgehead atoms. The number of aryl methyl sites for hydroxylation is 2. The lowest BCUT2D eigenvalue weighted by atomic mass is 10.1. The van der Waals surface area contributed by atoms with E-state index in [1.165, 1.54) is 23.1 Å². The van der Waals surface area contributed by atoms with E-state index in [0.717, 1.165) is 19.3 Å². The number of fused-ring (bicyclic) bond motifs is 1. The summed E-state index contributed by atoms with van der Waals surface area (Å²) in [5.41, 5.74) is 3.23. The van der Waals surface area contributed by atoms with Gasteiger partial charge in [0.2, 0.25) is 0 Å². The van der Waals surface area contributed by atoms with Crippen LogP contribution in [-0.4, -0.2) is 37.5 Å². The number of amides is 1. The molecule has 2 rings (SSSR count). The third kappa shape index (κ3) is 2.53. The van der Waals surface area contributed by atoms with Crippen LogP contribution in [-0.2, 0) is 22.4 Å². The minimum Gasteiger partial charge on any atom is -0.468 e. The Morgan fingerprint density at radius 1 is 1.28 bits per heavy atom. The van der Waals surface area contributed by atoms with Crippen LogP contribution in [0.4, 0.5) is 0 Å². The van der Waals surface area contributed by atoms with E-state index in [2.05, 4.69) is 4.74 Å². The highest BCUT2D eigenvalue weighted by molar-refractivity contribution is 5.96. The van der Waals surface area contributed by atoms with Gasteiger partial charge >= 0.3 is 5.97 Å². The molecule has 0 fully saturated rings. The van der Waals surface area contributed by atoms with Gasteiger partial charge in [-0.1, -0.05) is 6.07 Å². The summed E-state index contributed by atoms with van der Waals surface area (Å²) in [6.07, 6.45) is 3.30. The fourth-order valence-corrected chi connectivity index (χ4v) is 2.26. The molecule has 4 nitrogen and oxygen atoms in total. The molecule has 18 heavy (non-hydrogen) atoms. The number of methoxy groups -OCH3 is 1. The second-order valence-electron chi connectivity index (χ2n) is 4.57. The first-order chi connectivity index (χ1) is 8.61. The van der Waals surface area contributed by atoms with Crippen LogP contribution in [0, 0.1) is 0 Å². The maximum Gasteiger partial charge on any atom is 0.325 e. The van der Waals surface area contributed by atoms with E-state index in [1.54, 1.807) is 7.05 Å². The average Bonchev–Trinajstić information content (AvgIpc) is 2.84. The Hall–Kier alpha value is -1.84. The van der Waals surface area contributed by atoms with Gasteiger partial charge in [-0.15, -0.1) is 0 Å². The first kappa shape index (κ1) is 12.6. The van der Waals surface area contributed by atoms with Crippen molar-refractivity contribution in [2.24, 2.45) is 0 Å². The topological polar surface area (TPSA) is 46.6 Å². The van der Waals surface area contributed by atoms with Crippen LogP contribution in [0.3, 0.4) is 0 Å². The molecule has 4 heteroatoms. The highest BCUT2D eigenvalue weighted by atomic mass is 16.5. The van der Waals surface area contributed by atoms with Crippen molar-refractivity contribution in [3.8, 4) is 0 Å². The zero-order valence-electron chi connectivity index (χ0n) is 10.7. The molecule has 1 aromatic rings. The van der Waals surface area contributed by atoms with Gasteiger partial charge in [-0.05, 0) is 42.5 Å². The second kappa shape index (κ2) is 5.21. The first-order valence-electron chi connectivity index (χ1n) is 6.06. The number of carbonyl (C=O) groups is 2. The zero-order chi connectivity index (χ0) is 13.1. The van der Waals surface area contributed by atoms with E-state index < -0.39 is 5.97 Å². The summed E-state index contributed by atoms with van der Waals surface area (Å²) in [6.45, 7) is -0.0214. The molecular formula is C14H17NO3. The molecule has 1 aliphatic carbocycles. The van der Waals surface area contributed by atoms with E-state index in [-0.39, 0.29) is 12.5 Å². The minimum atomic E-state index is -0.410. The van der Waals surface area contributed by atoms with E-state index in [1.807, 2.05) is 18.2 Å². The summed E-state index contributed by atoms with van der Waals surface area (Å²) in [6, 6.07) is 5.79. The molecule has 1 aliphatic rings. The molecule has 0 heterocycles. The summed E-state index contributed by atoms with van der Waals surface area (Å²) in [7, 11) is 2.92. The molecule has 1 amide bonds. The fraction of sp³-hybridized carbons (Fsp3) is 0.429. The number of hydrogen-bond acceptors (Lipinski definition) is 3. The standard InChI is InChI=1S/C14H17NO3/c1-15(9-13(16)18-2)14(17)12-7-6-10-4-3-5-11(10)8-12/h6-8H,3-5,9H2,1-2H3. The van der Waals surface area contributed by atoms with Crippen LogP contribution < -0.4 is 0 Å². The van der Waals surface area contributed by atoms with Gasteiger partial charge in [0, 0.05) is 12.6 Å². The van der Waals surface area contributed by atoms with E-state index in [9.17, 15) is 9.59 Å². The highest BCUT2D eigenvalue weighted by Crippen LogP contribution is 2.23. The van der Waals surface area contributed by atoms with Gasteiger partial charge in [-0.2, -0.15) is 0 Å². The Labute approximate surface area is 107 Å². The normalized spacial score (nSPS) is 13.0. The van der Waals surface area contributed by atoms with Gasteiger partial charge in [0.1, 0.15) is 6.54 Å². The number of carbonyl (C=O) groups excluding carboxylic acids is 2. The Bertz CT molecular complexity index is 482. The Morgan fingerprint density at radius 3 is 2.72 bits per heavy atom. The van der Waals surface area contributed by atoms with E-state index in [4.69, 9.17) is 0 Å². The maximum absolute atomic E-state index is 12.1. The summed E-state index contributed by atoms with van der Waals surface area (Å²) in [4.78, 5) is 24.6. The molecule has 0 aromatic heterocycles. The predicted molar refractivity (Wildman–Crippen MR) is 67.4 cm³/mol. The van der Waals surface area contributed by atoms with Crippen LogP contribution in [0.5, 0.6) is 0 Å². The number of ether oxygens (including phenoxy) is 1. The van der Waals surface area contributed by atoms with Crippen LogP contribution in [0.1, 0.15) is 27.9 Å². The third-order valence-corrected chi connectivity index (χ3v) is 3.29. The predicted octanol–water partition coefficient (Wildman–Crippen LogP) is 1.42. The van der Waals surface area contributed by atoms with Crippen LogP contribution in [0.15, 0.2) is 18.2 Å². The molecule has 0 N–H and O–H groups in total. The summed E-state index contributed by atoms with van der Waals surface area (Å²) >= 11 is 0. The third-order valence-electron chi connectivity index (χ3n) is 3.29. The molecule has 96 valence electrons. The summed E-state index contributed by atoms with van der Waals surface area (Å²) < 4.78 is 4.55. The minimum absolute atomic E-state index is 0.0214. The van der Waals surface area contributed by atoms with Crippen molar-refractivity contribution in [3.63, 3.8) is 0 Å². The van der Waals surface area contributed by atoms with E-state index in [0.29, 0.717) is 5.56 Å². The van der Waals surface area contributed by atoms with Crippen LogP contribution in [0.2, 0.25) is 0 Å². The largest absolute Gasteiger partial charge is 0.468 e. The molecule has 0 atom stereocenters. The fourth-order valence-electron chi connectivity index (χ4n) is 2.26. The highest BCUT2D eigenvalue weighted by Gasteiger charge is 2.18. The van der Waals surface area contributed by atoms with Crippen LogP contribution in [0.25, 0.3) is 0 Å². The van der Waals surface area contributed by atoms with Gasteiger partial charge in [0.15, 0.2) is 0 Å². The summed E-state index contributed by atoms with van der Waals surface area (Å²) in [5.74, 6) is -0.554. The molecule has 0 radical (unpaired) electrons. The molecule has 0 spiro atoms. The monoisotopic (exact) mass is 247 g/mol. The lowest BCUT2D eigenvalue weighted by molar-refractivity contribution is -0.141. The number of likely N-dealkylation sites (N-methyl/N-ethyl adjacent to an activating group) is 1. The van der Waals surface area contributed by atoms with Crippen molar-refractivity contribution in [2.45, 2.75) is 19.3 Å². The van der Waals surface area contributed by atoms with Gasteiger partial charge < -0.3 is 9.64 Å². The number of esters is 1. The van der Waals surface area contributed by atoms with Gasteiger partial charge in [-0.3, -0.25) is 9.59 Å². The van der Waals surface area contributed by atoms with Gasteiger partial charge in [0.05, 0.1) is 7.11 Å². The molecule has 0 aliphatic heterocycles. The average molecular weight is 247 g/mol. The lowest BCUT2D eigenvalue weighted by Gasteiger charge is -2.16. The Balaban J connectivity index is 2.11. The Morgan fingerprint density at radius 2 is 2.00 bits per heavy atom. The van der Waals surface area contributed by atoms with Crippen molar-refractivity contribution < 1.29 is 14.3 Å².